The van der Waals surface area contributed by atoms with Gasteiger partial charge in [0.05, 0.1) is 23.1 Å². The summed E-state index contributed by atoms with van der Waals surface area (Å²) >= 11 is 1.50. The van der Waals surface area contributed by atoms with Crippen molar-refractivity contribution >= 4 is 87.9 Å². The van der Waals surface area contributed by atoms with Gasteiger partial charge in [-0.05, 0) is 45.5 Å². The number of aromatic amines is 1. The van der Waals surface area contributed by atoms with Crippen molar-refractivity contribution in [2.45, 2.75) is 11.7 Å². The molecule has 0 radical (unpaired) electrons. The Labute approximate surface area is 244 Å². The fourth-order valence-corrected chi connectivity index (χ4v) is 4.39. The van der Waals surface area contributed by atoms with Crippen LogP contribution in [0.3, 0.4) is 0 Å². The van der Waals surface area contributed by atoms with Crippen LogP contribution in [0.5, 0.6) is 0 Å². The molecule has 0 spiro atoms. The summed E-state index contributed by atoms with van der Waals surface area (Å²) in [5, 5.41) is 24.6. The van der Waals surface area contributed by atoms with Crippen LogP contribution in [0.4, 0.5) is 0 Å². The number of fused-ring (bicyclic) bond motifs is 1. The maximum atomic E-state index is 11.8. The summed E-state index contributed by atoms with van der Waals surface area (Å²) in [6, 6.07) is 21.3. The van der Waals surface area contributed by atoms with Gasteiger partial charge >= 0.3 is 65.1 Å². The SMILES string of the molecule is CSc1nc2cccc(C(=O)O)c2n1Cc1ccc(-c2ccccc2-c2nnn[nH]2)cc1.[NaH].[NaH]. The van der Waals surface area contributed by atoms with Crippen molar-refractivity contribution in [3.63, 3.8) is 0 Å². The van der Waals surface area contributed by atoms with Crippen molar-refractivity contribution in [3.8, 4) is 22.5 Å². The zero-order valence-corrected chi connectivity index (χ0v) is 17.9. The molecular weight excluding hydrogens is 470 g/mol. The summed E-state index contributed by atoms with van der Waals surface area (Å²) in [5.74, 6) is -0.348. The summed E-state index contributed by atoms with van der Waals surface area (Å²) in [7, 11) is 0. The molecule has 34 heavy (non-hydrogen) atoms. The minimum absolute atomic E-state index is 0. The van der Waals surface area contributed by atoms with Gasteiger partial charge in [0, 0.05) is 5.56 Å². The van der Waals surface area contributed by atoms with E-state index in [0.29, 0.717) is 23.4 Å². The molecule has 162 valence electrons. The van der Waals surface area contributed by atoms with E-state index in [2.05, 4.69) is 25.6 Å². The van der Waals surface area contributed by atoms with Gasteiger partial charge in [0.2, 0.25) is 0 Å². The number of nitrogens with zero attached hydrogens (tertiary/aromatic N) is 5. The number of nitrogens with one attached hydrogen (secondary N) is 1. The van der Waals surface area contributed by atoms with E-state index in [1.807, 2.05) is 65.4 Å². The number of carboxylic acid groups (broad SMARTS) is 1. The number of imidazole rings is 1. The summed E-state index contributed by atoms with van der Waals surface area (Å²) in [6.45, 7) is 0.519. The second-order valence-corrected chi connectivity index (χ2v) is 7.93. The van der Waals surface area contributed by atoms with Gasteiger partial charge in [0.15, 0.2) is 11.0 Å². The predicted molar refractivity (Wildman–Crippen MR) is 137 cm³/mol. The van der Waals surface area contributed by atoms with E-state index in [-0.39, 0.29) is 64.7 Å². The van der Waals surface area contributed by atoms with Crippen molar-refractivity contribution < 1.29 is 9.90 Å². The van der Waals surface area contributed by atoms with Crippen LogP contribution in [0, 0.1) is 0 Å². The molecule has 5 rings (SSSR count). The van der Waals surface area contributed by atoms with E-state index in [0.717, 1.165) is 27.4 Å². The first-order chi connectivity index (χ1) is 15.7. The van der Waals surface area contributed by atoms with Crippen LogP contribution in [0.2, 0.25) is 0 Å². The Morgan fingerprint density at radius 2 is 1.74 bits per heavy atom. The number of aromatic carboxylic acids is 1. The van der Waals surface area contributed by atoms with Crippen molar-refractivity contribution in [1.82, 2.24) is 30.2 Å². The van der Waals surface area contributed by atoms with Crippen molar-refractivity contribution in [2.24, 2.45) is 0 Å². The zero-order chi connectivity index (χ0) is 22.1. The molecule has 0 amide bonds. The first kappa shape index (κ1) is 26.6. The van der Waals surface area contributed by atoms with Gasteiger partial charge in [0.25, 0.3) is 0 Å². The standard InChI is InChI=1S/C23H18N6O2S.2Na.2H/c1-32-23-24-19-8-4-7-18(22(30)31)20(19)29(23)13-14-9-11-15(12-10-14)16-5-2-3-6-17(16)21-25-27-28-26-21;;;;/h2-12H,13H2,1H3,(H,30,31)(H,25,26,27,28);;;;. The van der Waals surface area contributed by atoms with E-state index in [4.69, 9.17) is 0 Å². The molecule has 8 nitrogen and oxygen atoms in total. The number of hydrogen-bond acceptors (Lipinski definition) is 6. The number of carbonyl (C=O) groups is 1. The second kappa shape index (κ2) is 11.6. The number of thioether (sulfide) groups is 1. The molecule has 2 heterocycles. The van der Waals surface area contributed by atoms with Crippen LogP contribution in [-0.4, -0.2) is 107 Å². The van der Waals surface area contributed by atoms with E-state index in [1.54, 1.807) is 12.1 Å². The molecule has 0 saturated heterocycles. The number of H-pyrrole nitrogens is 1. The quantitative estimate of drug-likeness (QED) is 0.278. The number of hydrogen-bond donors (Lipinski definition) is 2. The van der Waals surface area contributed by atoms with E-state index < -0.39 is 5.97 Å². The molecule has 11 heteroatoms. The second-order valence-electron chi connectivity index (χ2n) is 7.16. The van der Waals surface area contributed by atoms with Crippen LogP contribution in [0.15, 0.2) is 71.9 Å². The fourth-order valence-electron chi connectivity index (χ4n) is 3.83. The fraction of sp³-hybridized carbons (Fsp3) is 0.0870. The van der Waals surface area contributed by atoms with Crippen molar-refractivity contribution in [1.29, 1.82) is 0 Å². The van der Waals surface area contributed by atoms with Gasteiger partial charge in [-0.2, -0.15) is 0 Å². The molecule has 0 atom stereocenters. The Kier molecular flexibility index (Phi) is 9.11. The van der Waals surface area contributed by atoms with Gasteiger partial charge in [0.1, 0.15) is 0 Å². The molecule has 0 aliphatic carbocycles. The molecular formula is C23H20N6Na2O2S. The van der Waals surface area contributed by atoms with Crippen LogP contribution >= 0.6 is 11.8 Å². The Morgan fingerprint density at radius 3 is 2.38 bits per heavy atom. The Balaban J connectivity index is 0.00000162. The van der Waals surface area contributed by atoms with Crippen molar-refractivity contribution in [2.75, 3.05) is 6.26 Å². The molecule has 3 aromatic carbocycles. The maximum absolute atomic E-state index is 11.8. The number of carboxylic acids is 1. The Bertz CT molecular complexity index is 1420. The Hall–Kier alpha value is -1.98. The van der Waals surface area contributed by atoms with Gasteiger partial charge in [-0.25, -0.2) is 14.9 Å². The topological polar surface area (TPSA) is 110 Å². The summed E-state index contributed by atoms with van der Waals surface area (Å²) in [4.78, 5) is 16.4. The first-order valence-electron chi connectivity index (χ1n) is 9.84. The summed E-state index contributed by atoms with van der Waals surface area (Å²) < 4.78 is 1.96. The van der Waals surface area contributed by atoms with Crippen LogP contribution in [-0.2, 0) is 6.54 Å². The molecule has 0 bridgehead atoms. The molecule has 2 N–H and O–H groups in total. The molecule has 0 saturated carbocycles. The zero-order valence-electron chi connectivity index (χ0n) is 17.1. The molecule has 0 fully saturated rings. The first-order valence-corrected chi connectivity index (χ1v) is 11.1. The van der Waals surface area contributed by atoms with Crippen LogP contribution < -0.4 is 0 Å². The summed E-state index contributed by atoms with van der Waals surface area (Å²) in [5.41, 5.74) is 5.58. The molecule has 0 unspecified atom stereocenters. The average Bonchev–Trinajstić information content (AvgIpc) is 3.48. The van der Waals surface area contributed by atoms with E-state index >= 15 is 0 Å². The van der Waals surface area contributed by atoms with Gasteiger partial charge in [-0.3, -0.25) is 0 Å². The predicted octanol–water partition coefficient (Wildman–Crippen LogP) is 3.05. The molecule has 2 aromatic heterocycles. The monoisotopic (exact) mass is 490 g/mol. The molecule has 0 aliphatic heterocycles. The van der Waals surface area contributed by atoms with Crippen molar-refractivity contribution in [3.05, 3.63) is 77.9 Å². The third-order valence-corrected chi connectivity index (χ3v) is 5.95. The van der Waals surface area contributed by atoms with E-state index in [1.165, 1.54) is 11.8 Å². The number of rotatable bonds is 6. The normalized spacial score (nSPS) is 10.5. The average molecular weight is 491 g/mol. The number of tetrazole rings is 1. The molecule has 0 aliphatic rings. The minimum atomic E-state index is -0.960. The summed E-state index contributed by atoms with van der Waals surface area (Å²) in [6.07, 6.45) is 1.94. The van der Waals surface area contributed by atoms with Gasteiger partial charge in [-0.1, -0.05) is 66.4 Å². The van der Waals surface area contributed by atoms with Gasteiger partial charge < -0.3 is 9.67 Å². The number of benzene rings is 3. The number of para-hydroxylation sites is 1. The van der Waals surface area contributed by atoms with Crippen LogP contribution in [0.1, 0.15) is 15.9 Å². The van der Waals surface area contributed by atoms with E-state index in [9.17, 15) is 9.90 Å². The van der Waals surface area contributed by atoms with Gasteiger partial charge in [-0.15, -0.1) is 5.10 Å². The molecule has 5 aromatic rings. The number of aromatic nitrogens is 6. The third-order valence-electron chi connectivity index (χ3n) is 5.28. The van der Waals surface area contributed by atoms with Crippen LogP contribution in [0.25, 0.3) is 33.5 Å². The third kappa shape index (κ3) is 5.16. The Morgan fingerprint density at radius 1 is 1.00 bits per heavy atom.